The number of benzene rings is 1. The number of aliphatic hydroxyl groups is 1. The van der Waals surface area contributed by atoms with Gasteiger partial charge < -0.3 is 20.5 Å². The predicted molar refractivity (Wildman–Crippen MR) is 111 cm³/mol. The number of hydrogen-bond acceptors (Lipinski definition) is 7. The van der Waals surface area contributed by atoms with Crippen LogP contribution < -0.4 is 10.6 Å². The van der Waals surface area contributed by atoms with Crippen molar-refractivity contribution in [1.82, 2.24) is 19.5 Å². The first-order valence-corrected chi connectivity index (χ1v) is 9.97. The minimum Gasteiger partial charge on any atom is -0.393 e. The van der Waals surface area contributed by atoms with E-state index in [2.05, 4.69) is 25.6 Å². The first kappa shape index (κ1) is 15.8. The molecule has 170 valence electrons. The van der Waals surface area contributed by atoms with E-state index < -0.39 is 54.4 Å². The van der Waals surface area contributed by atoms with E-state index in [1.165, 1.54) is 10.8 Å². The second-order valence-corrected chi connectivity index (χ2v) is 7.45. The maximum absolute atomic E-state index is 14.3. The Morgan fingerprint density at radius 1 is 1.19 bits per heavy atom. The molecule has 32 heavy (non-hydrogen) atoms. The molecule has 1 saturated carbocycles. The lowest BCUT2D eigenvalue weighted by Gasteiger charge is -2.26. The Hall–Kier alpha value is -2.92. The van der Waals surface area contributed by atoms with Crippen molar-refractivity contribution in [2.75, 3.05) is 23.8 Å². The molecule has 2 fully saturated rings. The first-order chi connectivity index (χ1) is 17.4. The zero-order valence-electron chi connectivity index (χ0n) is 21.6. The van der Waals surface area contributed by atoms with Gasteiger partial charge in [-0.3, -0.25) is 4.57 Å². The van der Waals surface area contributed by atoms with Crippen LogP contribution in [0.1, 0.15) is 44.9 Å². The van der Waals surface area contributed by atoms with Gasteiger partial charge in [-0.15, -0.1) is 0 Å². The highest BCUT2D eigenvalue weighted by molar-refractivity contribution is 5.76. The largest absolute Gasteiger partial charge is 0.393 e. The van der Waals surface area contributed by atoms with Gasteiger partial charge >= 0.3 is 0 Å². The summed E-state index contributed by atoms with van der Waals surface area (Å²) in [5.74, 6) is -3.68. The van der Waals surface area contributed by atoms with Crippen LogP contribution >= 0.6 is 0 Å². The smallest absolute Gasteiger partial charge is 0.224 e. The van der Waals surface area contributed by atoms with Crippen molar-refractivity contribution >= 4 is 28.7 Å². The van der Waals surface area contributed by atoms with Gasteiger partial charge in [0.1, 0.15) is 17.0 Å². The SMILES string of the molecule is [2H]C1C(O)CC([2H])C([2H])(Nc2ncc3nc(Nc4c(F)cc(F)cc4F)n(C4CCOC4)c3n2)C1([2H])[2H]. The molecule has 0 amide bonds. The quantitative estimate of drug-likeness (QED) is 0.542. The molecule has 3 aromatic rings. The Labute approximate surface area is 188 Å². The standard InChI is InChI=1S/C21H23F3N6O2/c22-11-7-15(23)18(16(24)8-11)28-21-27-17-9-25-20(26-12-1-3-14(31)4-2-12)29-19(17)30(21)13-5-6-32-10-13/h7-9,12-14,31H,1-6,10H2,(H,27,28)(H,25,26,29)/i1D,2D2,4D,12D. The molecular weight excluding hydrogens is 425 g/mol. The number of hydrogen-bond donors (Lipinski definition) is 3. The number of halogens is 3. The van der Waals surface area contributed by atoms with E-state index in [-0.39, 0.29) is 42.1 Å². The van der Waals surface area contributed by atoms with Gasteiger partial charge in [-0.2, -0.15) is 4.98 Å². The predicted octanol–water partition coefficient (Wildman–Crippen LogP) is 3.66. The fourth-order valence-electron chi connectivity index (χ4n) is 3.64. The summed E-state index contributed by atoms with van der Waals surface area (Å²) in [5.41, 5.74) is -0.257. The van der Waals surface area contributed by atoms with Crippen LogP contribution in [0.2, 0.25) is 0 Å². The number of imidazole rings is 1. The molecule has 1 aromatic carbocycles. The fraction of sp³-hybridized carbons (Fsp3) is 0.476. The van der Waals surface area contributed by atoms with E-state index in [4.69, 9.17) is 11.6 Å². The number of anilines is 3. The number of fused-ring (bicyclic) bond motifs is 1. The third kappa shape index (κ3) is 4.09. The average Bonchev–Trinajstić information content (AvgIpc) is 3.46. The van der Waals surface area contributed by atoms with E-state index in [0.717, 1.165) is 0 Å². The Kier molecular flexibility index (Phi) is 4.22. The maximum Gasteiger partial charge on any atom is 0.224 e. The topological polar surface area (TPSA) is 97.1 Å². The number of aliphatic hydroxyl groups excluding tert-OH is 1. The van der Waals surface area contributed by atoms with Crippen molar-refractivity contribution in [1.29, 1.82) is 0 Å². The summed E-state index contributed by atoms with van der Waals surface area (Å²) in [6.07, 6.45) is -5.71. The first-order valence-electron chi connectivity index (χ1n) is 12.6. The molecule has 1 aliphatic carbocycles. The molecule has 1 saturated heterocycles. The summed E-state index contributed by atoms with van der Waals surface area (Å²) in [4.78, 5) is 12.8. The molecular formula is C21H23F3N6O2. The minimum atomic E-state index is -2.64. The van der Waals surface area contributed by atoms with Crippen LogP contribution in [0.5, 0.6) is 0 Å². The van der Waals surface area contributed by atoms with E-state index >= 15 is 0 Å². The summed E-state index contributed by atoms with van der Waals surface area (Å²) < 4.78 is 90.5. The summed E-state index contributed by atoms with van der Waals surface area (Å²) in [7, 11) is 0. The normalized spacial score (nSPS) is 34.3. The Balaban J connectivity index is 1.57. The monoisotopic (exact) mass is 453 g/mol. The van der Waals surface area contributed by atoms with Crippen LogP contribution in [-0.2, 0) is 4.74 Å². The average molecular weight is 453 g/mol. The third-order valence-electron chi connectivity index (χ3n) is 5.19. The van der Waals surface area contributed by atoms with Gasteiger partial charge in [0, 0.05) is 30.2 Å². The van der Waals surface area contributed by atoms with Crippen molar-refractivity contribution in [2.45, 2.75) is 50.2 Å². The summed E-state index contributed by atoms with van der Waals surface area (Å²) in [6.45, 7) is 0.641. The van der Waals surface area contributed by atoms with Gasteiger partial charge in [-0.25, -0.2) is 23.1 Å². The number of ether oxygens (including phenoxy) is 1. The molecule has 0 radical (unpaired) electrons. The fourth-order valence-corrected chi connectivity index (χ4v) is 3.64. The van der Waals surface area contributed by atoms with Crippen LogP contribution in [0.4, 0.5) is 30.8 Å². The van der Waals surface area contributed by atoms with E-state index in [1.807, 2.05) is 0 Å². The molecule has 1 aliphatic heterocycles. The van der Waals surface area contributed by atoms with E-state index in [9.17, 15) is 18.3 Å². The second kappa shape index (κ2) is 8.55. The molecule has 2 aliphatic rings. The molecule has 5 rings (SSSR count). The summed E-state index contributed by atoms with van der Waals surface area (Å²) in [6, 6.07) is -1.67. The van der Waals surface area contributed by atoms with Gasteiger partial charge in [0.25, 0.3) is 0 Å². The lowest BCUT2D eigenvalue weighted by Crippen LogP contribution is -2.29. The van der Waals surface area contributed by atoms with Crippen LogP contribution in [0, 0.1) is 17.5 Å². The van der Waals surface area contributed by atoms with E-state index in [1.54, 1.807) is 0 Å². The zero-order valence-corrected chi connectivity index (χ0v) is 16.6. The Bertz CT molecular complexity index is 1320. The van der Waals surface area contributed by atoms with Gasteiger partial charge in [-0.1, -0.05) is 0 Å². The van der Waals surface area contributed by atoms with Crippen LogP contribution in [0.3, 0.4) is 0 Å². The number of nitrogens with zero attached hydrogens (tertiary/aromatic N) is 4. The van der Waals surface area contributed by atoms with Crippen LogP contribution in [-0.4, -0.2) is 50.0 Å². The molecule has 5 unspecified atom stereocenters. The molecule has 3 N–H and O–H groups in total. The van der Waals surface area contributed by atoms with Crippen molar-refractivity contribution < 1.29 is 29.9 Å². The minimum absolute atomic E-state index is 0.0253. The summed E-state index contributed by atoms with van der Waals surface area (Å²) in [5, 5.41) is 15.1. The molecule has 0 bridgehead atoms. The van der Waals surface area contributed by atoms with E-state index in [0.29, 0.717) is 25.2 Å². The third-order valence-corrected chi connectivity index (χ3v) is 5.19. The van der Waals surface area contributed by atoms with Crippen LogP contribution in [0.25, 0.3) is 11.2 Å². The van der Waals surface area contributed by atoms with Crippen molar-refractivity contribution in [2.24, 2.45) is 0 Å². The lowest BCUT2D eigenvalue weighted by molar-refractivity contribution is 0.126. The van der Waals surface area contributed by atoms with Crippen LogP contribution in [0.15, 0.2) is 18.3 Å². The number of rotatable bonds is 5. The second-order valence-electron chi connectivity index (χ2n) is 7.45. The molecule has 8 nitrogen and oxygen atoms in total. The Morgan fingerprint density at radius 3 is 2.75 bits per heavy atom. The molecule has 2 aromatic heterocycles. The molecule has 0 spiro atoms. The highest BCUT2D eigenvalue weighted by atomic mass is 19.1. The highest BCUT2D eigenvalue weighted by Crippen LogP contribution is 2.32. The molecule has 5 atom stereocenters. The zero-order chi connectivity index (χ0) is 26.7. The maximum atomic E-state index is 14.3. The number of nitrogens with one attached hydrogen (secondary N) is 2. The van der Waals surface area contributed by atoms with Crippen molar-refractivity contribution in [3.05, 3.63) is 35.8 Å². The Morgan fingerprint density at radius 2 is 2.00 bits per heavy atom. The van der Waals surface area contributed by atoms with Gasteiger partial charge in [0.2, 0.25) is 11.9 Å². The highest BCUT2D eigenvalue weighted by Gasteiger charge is 2.27. The van der Waals surface area contributed by atoms with Gasteiger partial charge in [-0.05, 0) is 32.0 Å². The van der Waals surface area contributed by atoms with Gasteiger partial charge in [0.15, 0.2) is 17.3 Å². The van der Waals surface area contributed by atoms with Crippen molar-refractivity contribution in [3.8, 4) is 0 Å². The van der Waals surface area contributed by atoms with Gasteiger partial charge in [0.05, 0.1) is 26.3 Å². The summed E-state index contributed by atoms with van der Waals surface area (Å²) >= 11 is 0. The molecule has 3 heterocycles. The number of aromatic nitrogens is 4. The molecule has 11 heteroatoms. The van der Waals surface area contributed by atoms with Crippen molar-refractivity contribution in [3.63, 3.8) is 0 Å². The lowest BCUT2D eigenvalue weighted by atomic mass is 9.93.